The molecule has 0 saturated carbocycles. The molecular formula is C40H58Cl2N4O5. The van der Waals surface area contributed by atoms with Gasteiger partial charge in [-0.25, -0.2) is 0 Å². The van der Waals surface area contributed by atoms with Crippen LogP contribution in [0.3, 0.4) is 0 Å². The first kappa shape index (κ1) is 39.9. The van der Waals surface area contributed by atoms with Crippen molar-refractivity contribution in [2.24, 2.45) is 34.1 Å². The predicted octanol–water partition coefficient (Wildman–Crippen LogP) is 6.38. The number of amides is 1. The molecule has 2 aliphatic carbocycles. The van der Waals surface area contributed by atoms with Crippen molar-refractivity contribution in [1.29, 1.82) is 0 Å². The minimum absolute atomic E-state index is 0.0681. The molecule has 2 aliphatic heterocycles. The van der Waals surface area contributed by atoms with Gasteiger partial charge in [0.2, 0.25) is 5.91 Å². The van der Waals surface area contributed by atoms with Crippen molar-refractivity contribution in [2.45, 2.75) is 104 Å². The molecule has 1 unspecified atom stereocenters. The summed E-state index contributed by atoms with van der Waals surface area (Å²) >= 11 is 12.7. The number of benzene rings is 1. The Kier molecular flexibility index (Phi) is 13.5. The Bertz CT molecular complexity index is 1500. The maximum absolute atomic E-state index is 13.7. The summed E-state index contributed by atoms with van der Waals surface area (Å²) in [6, 6.07) is 5.43. The number of hydrogen-bond donors (Lipinski definition) is 2. The van der Waals surface area contributed by atoms with Gasteiger partial charge < -0.3 is 19.8 Å². The van der Waals surface area contributed by atoms with Gasteiger partial charge in [-0.3, -0.25) is 24.4 Å². The Hall–Kier alpha value is -2.27. The van der Waals surface area contributed by atoms with Gasteiger partial charge in [-0.05, 0) is 94.0 Å². The molecule has 0 bridgehead atoms. The lowest BCUT2D eigenvalue weighted by Crippen LogP contribution is -2.58. The van der Waals surface area contributed by atoms with Crippen LogP contribution in [0.2, 0.25) is 10.0 Å². The van der Waals surface area contributed by atoms with Crippen molar-refractivity contribution < 1.29 is 24.5 Å². The summed E-state index contributed by atoms with van der Waals surface area (Å²) in [5, 5.41) is 23.4. The van der Waals surface area contributed by atoms with Gasteiger partial charge in [0.1, 0.15) is 11.9 Å². The van der Waals surface area contributed by atoms with Gasteiger partial charge in [-0.1, -0.05) is 68.3 Å². The second-order valence-electron chi connectivity index (χ2n) is 16.1. The molecule has 2 N–H and O–H groups in total. The van der Waals surface area contributed by atoms with Gasteiger partial charge in [-0.15, -0.1) is 0 Å². The fourth-order valence-corrected chi connectivity index (χ4v) is 8.60. The SMILES string of the molecule is CCC(C)(C)C(=O)O[C@H]1C[C@@H](C)C=C2C=C[C@H](C)[C@H](CC[C@@H](O)C[C@@H](O)CC(=O)N3CCN=C3C3CN(C)CCN3Cc3ccc(Cl)cc3Cl)[C@H]21. The van der Waals surface area contributed by atoms with E-state index < -0.39 is 17.6 Å². The van der Waals surface area contributed by atoms with E-state index in [9.17, 15) is 19.8 Å². The fourth-order valence-electron chi connectivity index (χ4n) is 8.14. The highest BCUT2D eigenvalue weighted by Crippen LogP contribution is 2.45. The van der Waals surface area contributed by atoms with E-state index in [4.69, 9.17) is 32.9 Å². The quantitative estimate of drug-likeness (QED) is 0.226. The summed E-state index contributed by atoms with van der Waals surface area (Å²) in [6.45, 7) is 14.2. The average Bonchev–Trinajstić information content (AvgIpc) is 3.56. The third-order valence-corrected chi connectivity index (χ3v) is 12.2. The minimum atomic E-state index is -0.980. The summed E-state index contributed by atoms with van der Waals surface area (Å²) < 4.78 is 6.25. The molecule has 1 saturated heterocycles. The maximum Gasteiger partial charge on any atom is 0.311 e. The number of fused-ring (bicyclic) bond motifs is 1. The number of piperazine rings is 1. The number of carbonyl (C=O) groups is 2. The van der Waals surface area contributed by atoms with Gasteiger partial charge >= 0.3 is 5.97 Å². The number of esters is 1. The van der Waals surface area contributed by atoms with Crippen LogP contribution in [0.4, 0.5) is 0 Å². The number of nitrogens with zero attached hydrogens (tertiary/aromatic N) is 4. The summed E-state index contributed by atoms with van der Waals surface area (Å²) in [7, 11) is 2.07. The summed E-state index contributed by atoms with van der Waals surface area (Å²) in [5.41, 5.74) is 1.64. The van der Waals surface area contributed by atoms with E-state index in [0.717, 1.165) is 43.9 Å². The highest BCUT2D eigenvalue weighted by atomic mass is 35.5. The Morgan fingerprint density at radius 2 is 1.88 bits per heavy atom. The first-order chi connectivity index (χ1) is 24.2. The largest absolute Gasteiger partial charge is 0.461 e. The van der Waals surface area contributed by atoms with Crippen LogP contribution in [-0.4, -0.2) is 107 Å². The van der Waals surface area contributed by atoms with Gasteiger partial charge in [-0.2, -0.15) is 0 Å². The number of aliphatic hydroxyl groups excluding tert-OH is 2. The van der Waals surface area contributed by atoms with Crippen LogP contribution in [0, 0.1) is 29.1 Å². The highest BCUT2D eigenvalue weighted by molar-refractivity contribution is 6.35. The topological polar surface area (TPSA) is 106 Å². The molecule has 1 fully saturated rings. The van der Waals surface area contributed by atoms with Gasteiger partial charge in [0.25, 0.3) is 0 Å². The average molecular weight is 746 g/mol. The number of rotatable bonds is 13. The summed E-state index contributed by atoms with van der Waals surface area (Å²) in [4.78, 5) is 37.9. The van der Waals surface area contributed by atoms with E-state index in [1.165, 1.54) is 5.57 Å². The molecule has 4 aliphatic rings. The number of halogens is 2. The molecule has 9 nitrogen and oxygen atoms in total. The molecule has 282 valence electrons. The number of carbonyl (C=O) groups excluding carboxylic acids is 2. The molecule has 1 amide bonds. The second-order valence-corrected chi connectivity index (χ2v) is 16.9. The smallest absolute Gasteiger partial charge is 0.311 e. The Balaban J connectivity index is 1.18. The summed E-state index contributed by atoms with van der Waals surface area (Å²) in [6.07, 6.45) is 7.49. The summed E-state index contributed by atoms with van der Waals surface area (Å²) in [5.74, 6) is 1.21. The highest BCUT2D eigenvalue weighted by Gasteiger charge is 2.43. The number of likely N-dealkylation sites (N-methyl/N-ethyl adjacent to an activating group) is 1. The molecule has 8 atom stereocenters. The Morgan fingerprint density at radius 1 is 1.12 bits per heavy atom. The van der Waals surface area contributed by atoms with Crippen LogP contribution in [0.15, 0.2) is 47.0 Å². The van der Waals surface area contributed by atoms with E-state index in [2.05, 4.69) is 48.9 Å². The van der Waals surface area contributed by atoms with E-state index in [1.807, 2.05) is 32.9 Å². The van der Waals surface area contributed by atoms with Crippen LogP contribution in [0.1, 0.15) is 78.7 Å². The van der Waals surface area contributed by atoms with Crippen molar-refractivity contribution in [3.05, 3.63) is 57.6 Å². The zero-order valence-corrected chi connectivity index (χ0v) is 32.7. The lowest BCUT2D eigenvalue weighted by Gasteiger charge is -2.44. The molecule has 51 heavy (non-hydrogen) atoms. The molecule has 1 aromatic rings. The minimum Gasteiger partial charge on any atom is -0.461 e. The maximum atomic E-state index is 13.7. The van der Waals surface area contributed by atoms with Crippen LogP contribution < -0.4 is 0 Å². The van der Waals surface area contributed by atoms with E-state index in [0.29, 0.717) is 48.4 Å². The standard InChI is InChI=1S/C40H58Cl2N4O5/c1-7-40(4,5)39(50)51-35-19-25(2)18-27-9-8-26(3)32(37(27)35)13-12-30(47)21-31(48)22-36(49)46-15-14-43-38(46)34-24-44(6)16-17-45(34)23-28-10-11-29(41)20-33(28)42/h8-11,18,20,25-26,30-32,34-35,37,47-48H,7,12-17,19,21-24H2,1-6H3/t25-,26-,30+,31+,32-,34?,35-,37-/m0/s1. The number of aliphatic hydroxyl groups is 2. The van der Waals surface area contributed by atoms with Crippen molar-refractivity contribution >= 4 is 40.9 Å². The number of hydrogen-bond acceptors (Lipinski definition) is 8. The normalized spacial score (nSPS) is 28.5. The van der Waals surface area contributed by atoms with Gasteiger partial charge in [0, 0.05) is 48.7 Å². The third kappa shape index (κ3) is 9.84. The first-order valence-electron chi connectivity index (χ1n) is 18.8. The molecule has 11 heteroatoms. The number of aliphatic imine (C=N–C) groups is 1. The molecular weight excluding hydrogens is 687 g/mol. The van der Waals surface area contributed by atoms with Crippen molar-refractivity contribution in [3.63, 3.8) is 0 Å². The third-order valence-electron chi connectivity index (χ3n) is 11.6. The molecule has 5 rings (SSSR count). The molecule has 0 aromatic heterocycles. The molecule has 1 aromatic carbocycles. The zero-order chi connectivity index (χ0) is 37.0. The zero-order valence-electron chi connectivity index (χ0n) is 31.2. The van der Waals surface area contributed by atoms with E-state index in [-0.39, 0.29) is 54.6 Å². The van der Waals surface area contributed by atoms with Gasteiger partial charge in [0.15, 0.2) is 0 Å². The van der Waals surface area contributed by atoms with Crippen molar-refractivity contribution in [2.75, 3.05) is 39.8 Å². The number of amidine groups is 1. The lowest BCUT2D eigenvalue weighted by atomic mass is 9.65. The van der Waals surface area contributed by atoms with Gasteiger partial charge in [0.05, 0.1) is 36.6 Å². The van der Waals surface area contributed by atoms with Crippen LogP contribution in [0.25, 0.3) is 0 Å². The Labute approximate surface area is 314 Å². The molecule has 0 spiro atoms. The predicted molar refractivity (Wildman–Crippen MR) is 204 cm³/mol. The molecule has 2 heterocycles. The van der Waals surface area contributed by atoms with Crippen molar-refractivity contribution in [1.82, 2.24) is 14.7 Å². The van der Waals surface area contributed by atoms with E-state index >= 15 is 0 Å². The number of allylic oxidation sites excluding steroid dienone is 3. The van der Waals surface area contributed by atoms with Crippen molar-refractivity contribution in [3.8, 4) is 0 Å². The van der Waals surface area contributed by atoms with E-state index in [1.54, 1.807) is 11.0 Å². The number of ether oxygens (including phenoxy) is 1. The Morgan fingerprint density at radius 3 is 2.61 bits per heavy atom. The van der Waals surface area contributed by atoms with Crippen LogP contribution in [0.5, 0.6) is 0 Å². The second kappa shape index (κ2) is 17.3. The van der Waals surface area contributed by atoms with Crippen LogP contribution in [-0.2, 0) is 20.9 Å². The molecule has 0 radical (unpaired) electrons. The monoisotopic (exact) mass is 744 g/mol. The van der Waals surface area contributed by atoms with Crippen LogP contribution >= 0.6 is 23.2 Å². The first-order valence-corrected chi connectivity index (χ1v) is 19.6. The fraction of sp³-hybridized carbons (Fsp3) is 0.675. The lowest BCUT2D eigenvalue weighted by molar-refractivity contribution is -0.164.